The van der Waals surface area contributed by atoms with E-state index in [0.29, 0.717) is 5.75 Å². The Morgan fingerprint density at radius 3 is 2.36 bits per heavy atom. The number of hydrogen-bond acceptors (Lipinski definition) is 3. The molecule has 0 N–H and O–H groups in total. The maximum absolute atomic E-state index is 12.5. The predicted molar refractivity (Wildman–Crippen MR) is 114 cm³/mol. The van der Waals surface area contributed by atoms with Crippen LogP contribution >= 0.6 is 0 Å². The lowest BCUT2D eigenvalue weighted by Gasteiger charge is -2.27. The summed E-state index contributed by atoms with van der Waals surface area (Å²) in [5.41, 5.74) is 3.21. The number of aromatic nitrogens is 1. The Hall–Kier alpha value is -2.16. The number of pyridine rings is 1. The highest BCUT2D eigenvalue weighted by Gasteiger charge is 2.27. The highest BCUT2D eigenvalue weighted by molar-refractivity contribution is 5.75. The van der Waals surface area contributed by atoms with E-state index in [1.165, 1.54) is 44.1 Å². The maximum Gasteiger partial charge on any atom is 0.314 e. The molecule has 1 heterocycles. The second-order valence-electron chi connectivity index (χ2n) is 8.06. The summed E-state index contributed by atoms with van der Waals surface area (Å²) in [6.07, 6.45) is 12.5. The summed E-state index contributed by atoms with van der Waals surface area (Å²) in [4.78, 5) is 17.0. The van der Waals surface area contributed by atoms with E-state index >= 15 is 0 Å². The highest BCUT2D eigenvalue weighted by Crippen LogP contribution is 2.33. The van der Waals surface area contributed by atoms with Crippen LogP contribution in [0.2, 0.25) is 0 Å². The van der Waals surface area contributed by atoms with E-state index in [0.717, 1.165) is 36.4 Å². The van der Waals surface area contributed by atoms with Crippen molar-refractivity contribution in [1.82, 2.24) is 4.98 Å². The Morgan fingerprint density at radius 2 is 1.75 bits per heavy atom. The Balaban J connectivity index is 1.49. The van der Waals surface area contributed by atoms with Crippen molar-refractivity contribution in [3.8, 4) is 17.0 Å². The minimum Gasteiger partial charge on any atom is -0.426 e. The Morgan fingerprint density at radius 1 is 1.00 bits per heavy atom. The van der Waals surface area contributed by atoms with Crippen molar-refractivity contribution in [2.75, 3.05) is 0 Å². The molecule has 0 saturated heterocycles. The first kappa shape index (κ1) is 20.6. The fourth-order valence-electron chi connectivity index (χ4n) is 4.07. The van der Waals surface area contributed by atoms with Gasteiger partial charge < -0.3 is 4.74 Å². The molecule has 1 aliphatic carbocycles. The van der Waals surface area contributed by atoms with Gasteiger partial charge in [-0.2, -0.15) is 0 Å². The molecule has 2 aromatic rings. The third kappa shape index (κ3) is 5.67. The lowest BCUT2D eigenvalue weighted by Crippen LogP contribution is -2.25. The second kappa shape index (κ2) is 10.4. The van der Waals surface area contributed by atoms with Crippen LogP contribution in [0.1, 0.15) is 70.8 Å². The van der Waals surface area contributed by atoms with Gasteiger partial charge in [-0.05, 0) is 73.9 Å². The third-order valence-electron chi connectivity index (χ3n) is 6.00. The molecule has 0 spiro atoms. The van der Waals surface area contributed by atoms with Gasteiger partial charge in [0.25, 0.3) is 0 Å². The number of nitrogens with zero attached hydrogens (tertiary/aromatic N) is 1. The Labute approximate surface area is 169 Å². The Bertz CT molecular complexity index is 728. The third-order valence-corrected chi connectivity index (χ3v) is 6.00. The average Bonchev–Trinajstić information content (AvgIpc) is 2.75. The van der Waals surface area contributed by atoms with Crippen molar-refractivity contribution in [2.24, 2.45) is 11.8 Å². The number of carbonyl (C=O) groups excluding carboxylic acids is 1. The van der Waals surface area contributed by atoms with E-state index in [2.05, 4.69) is 24.9 Å². The highest BCUT2D eigenvalue weighted by atomic mass is 16.5. The number of ether oxygens (including phenoxy) is 1. The molecule has 0 amide bonds. The molecule has 0 bridgehead atoms. The first-order chi connectivity index (χ1) is 13.7. The van der Waals surface area contributed by atoms with E-state index < -0.39 is 0 Å². The van der Waals surface area contributed by atoms with E-state index in [4.69, 9.17) is 4.74 Å². The summed E-state index contributed by atoms with van der Waals surface area (Å²) in [7, 11) is 0. The second-order valence-corrected chi connectivity index (χ2v) is 8.06. The molecule has 1 fully saturated rings. The van der Waals surface area contributed by atoms with Gasteiger partial charge in [-0.1, -0.05) is 45.6 Å². The molecule has 1 aromatic carbocycles. The smallest absolute Gasteiger partial charge is 0.314 e. The molecule has 3 nitrogen and oxygen atoms in total. The first-order valence-corrected chi connectivity index (χ1v) is 11.0. The van der Waals surface area contributed by atoms with Crippen molar-refractivity contribution < 1.29 is 9.53 Å². The van der Waals surface area contributed by atoms with Crippen LogP contribution in [0.25, 0.3) is 11.3 Å². The summed E-state index contributed by atoms with van der Waals surface area (Å²) in [6.45, 7) is 4.37. The standard InChI is InChI=1S/C25H33NO2/c1-3-5-6-7-20-8-11-22(12-9-20)25(27)28-23-15-13-21(14-16-23)24-17-10-19(4-2)18-26-24/h10,13-18,20,22H,3-9,11-12H2,1-2H3. The fourth-order valence-corrected chi connectivity index (χ4v) is 4.07. The largest absolute Gasteiger partial charge is 0.426 e. The van der Waals surface area contributed by atoms with Crippen molar-refractivity contribution in [3.05, 3.63) is 48.2 Å². The van der Waals surface area contributed by atoms with Crippen molar-refractivity contribution in [2.45, 2.75) is 71.6 Å². The fraction of sp³-hybridized carbons (Fsp3) is 0.520. The molecule has 1 aliphatic rings. The summed E-state index contributed by atoms with van der Waals surface area (Å²) in [5.74, 6) is 1.43. The zero-order chi connectivity index (χ0) is 19.8. The molecule has 150 valence electrons. The van der Waals surface area contributed by atoms with Gasteiger partial charge in [0.05, 0.1) is 11.6 Å². The Kier molecular flexibility index (Phi) is 7.64. The van der Waals surface area contributed by atoms with Crippen LogP contribution in [-0.2, 0) is 11.2 Å². The average molecular weight is 380 g/mol. The molecule has 0 unspecified atom stereocenters. The van der Waals surface area contributed by atoms with Crippen LogP contribution in [0.15, 0.2) is 42.6 Å². The van der Waals surface area contributed by atoms with Crippen LogP contribution in [0, 0.1) is 11.8 Å². The normalized spacial score (nSPS) is 19.4. The first-order valence-electron chi connectivity index (χ1n) is 11.0. The zero-order valence-corrected chi connectivity index (χ0v) is 17.3. The van der Waals surface area contributed by atoms with Crippen molar-refractivity contribution in [1.29, 1.82) is 0 Å². The zero-order valence-electron chi connectivity index (χ0n) is 17.3. The monoisotopic (exact) mass is 379 g/mol. The van der Waals surface area contributed by atoms with Gasteiger partial charge in [0, 0.05) is 11.8 Å². The number of rotatable bonds is 8. The SMILES string of the molecule is CCCCCC1CCC(C(=O)Oc2ccc(-c3ccc(CC)cn3)cc2)CC1. The molecular weight excluding hydrogens is 346 g/mol. The topological polar surface area (TPSA) is 39.2 Å². The minimum absolute atomic E-state index is 0.0605. The lowest BCUT2D eigenvalue weighted by atomic mass is 9.80. The molecule has 28 heavy (non-hydrogen) atoms. The maximum atomic E-state index is 12.5. The van der Waals surface area contributed by atoms with Gasteiger partial charge in [-0.15, -0.1) is 0 Å². The van der Waals surface area contributed by atoms with Gasteiger partial charge >= 0.3 is 5.97 Å². The quantitative estimate of drug-likeness (QED) is 0.294. The van der Waals surface area contributed by atoms with E-state index in [1.807, 2.05) is 36.5 Å². The van der Waals surface area contributed by atoms with E-state index in [-0.39, 0.29) is 11.9 Å². The van der Waals surface area contributed by atoms with Crippen LogP contribution in [0.5, 0.6) is 5.75 Å². The molecule has 3 rings (SSSR count). The van der Waals surface area contributed by atoms with E-state index in [9.17, 15) is 4.79 Å². The molecule has 3 heteroatoms. The van der Waals surface area contributed by atoms with Crippen LogP contribution in [0.3, 0.4) is 0 Å². The van der Waals surface area contributed by atoms with Crippen LogP contribution in [-0.4, -0.2) is 11.0 Å². The van der Waals surface area contributed by atoms with Gasteiger partial charge in [-0.3, -0.25) is 9.78 Å². The molecule has 1 saturated carbocycles. The summed E-state index contributed by atoms with van der Waals surface area (Å²) < 4.78 is 5.66. The number of hydrogen-bond donors (Lipinski definition) is 0. The summed E-state index contributed by atoms with van der Waals surface area (Å²) >= 11 is 0. The number of unbranched alkanes of at least 4 members (excludes halogenated alkanes) is 2. The number of carbonyl (C=O) groups is 1. The van der Waals surface area contributed by atoms with Gasteiger partial charge in [0.15, 0.2) is 0 Å². The summed E-state index contributed by atoms with van der Waals surface area (Å²) in [6, 6.07) is 11.8. The molecule has 0 aliphatic heterocycles. The minimum atomic E-state index is -0.0646. The molecule has 0 atom stereocenters. The molecular formula is C25H33NO2. The van der Waals surface area contributed by atoms with Gasteiger partial charge in [0.2, 0.25) is 0 Å². The van der Waals surface area contributed by atoms with Gasteiger partial charge in [0.1, 0.15) is 5.75 Å². The van der Waals surface area contributed by atoms with Crippen molar-refractivity contribution >= 4 is 5.97 Å². The lowest BCUT2D eigenvalue weighted by molar-refractivity contribution is -0.140. The van der Waals surface area contributed by atoms with Gasteiger partial charge in [-0.25, -0.2) is 0 Å². The van der Waals surface area contributed by atoms with Crippen LogP contribution < -0.4 is 4.74 Å². The van der Waals surface area contributed by atoms with Crippen LogP contribution in [0.4, 0.5) is 0 Å². The summed E-state index contributed by atoms with van der Waals surface area (Å²) in [5, 5.41) is 0. The number of aryl methyl sites for hydroxylation is 1. The molecule has 0 radical (unpaired) electrons. The van der Waals surface area contributed by atoms with E-state index in [1.54, 1.807) is 0 Å². The number of esters is 1. The number of benzene rings is 1. The molecule has 1 aromatic heterocycles. The predicted octanol–water partition coefficient (Wildman–Crippen LogP) is 6.60. The van der Waals surface area contributed by atoms with Crippen molar-refractivity contribution in [3.63, 3.8) is 0 Å².